The van der Waals surface area contributed by atoms with Crippen LogP contribution in [0.15, 0.2) is 12.0 Å². The molecule has 0 aromatic heterocycles. The van der Waals surface area contributed by atoms with Crippen molar-refractivity contribution in [1.82, 2.24) is 0 Å². The molecular formula is C6H12O3. The quantitative estimate of drug-likeness (QED) is 0.396. The molecule has 0 radical (unpaired) electrons. The van der Waals surface area contributed by atoms with Crippen molar-refractivity contribution in [2.24, 2.45) is 0 Å². The maximum atomic E-state index is 8.61. The number of unbranched alkanes of at least 4 members (excludes halogenated alkanes) is 1. The average molecular weight is 132 g/mol. The molecule has 0 rings (SSSR count). The maximum absolute atomic E-state index is 8.61. The van der Waals surface area contributed by atoms with Gasteiger partial charge in [-0.15, -0.1) is 0 Å². The summed E-state index contributed by atoms with van der Waals surface area (Å²) in [5.74, 6) is -0.0246. The number of rotatable bonds is 4. The molecule has 0 amide bonds. The summed E-state index contributed by atoms with van der Waals surface area (Å²) in [5, 5.41) is 25.1. The van der Waals surface area contributed by atoms with Gasteiger partial charge in [-0.3, -0.25) is 0 Å². The van der Waals surface area contributed by atoms with Crippen LogP contribution >= 0.6 is 0 Å². The van der Waals surface area contributed by atoms with Gasteiger partial charge in [0.15, 0.2) is 0 Å². The van der Waals surface area contributed by atoms with E-state index in [1.54, 1.807) is 0 Å². The van der Waals surface area contributed by atoms with Gasteiger partial charge in [0.1, 0.15) is 12.0 Å². The van der Waals surface area contributed by atoms with Gasteiger partial charge < -0.3 is 15.3 Å². The lowest BCUT2D eigenvalue weighted by Gasteiger charge is -1.94. The molecule has 0 saturated heterocycles. The number of hydrogen-bond acceptors (Lipinski definition) is 3. The summed E-state index contributed by atoms with van der Waals surface area (Å²) in [7, 11) is 0. The second-order valence-corrected chi connectivity index (χ2v) is 1.80. The largest absolute Gasteiger partial charge is 0.512 e. The number of allylic oxidation sites excluding steroid dienone is 1. The molecule has 0 bridgehead atoms. The number of aliphatic hydroxyl groups excluding tert-OH is 3. The van der Waals surface area contributed by atoms with Gasteiger partial charge in [0, 0.05) is 13.0 Å². The molecule has 0 spiro atoms. The molecule has 0 atom stereocenters. The zero-order chi connectivity index (χ0) is 7.11. The minimum Gasteiger partial charge on any atom is -0.512 e. The Morgan fingerprint density at radius 3 is 2.44 bits per heavy atom. The molecule has 0 unspecified atom stereocenters. The van der Waals surface area contributed by atoms with Gasteiger partial charge in [-0.1, -0.05) is 0 Å². The van der Waals surface area contributed by atoms with Gasteiger partial charge in [0.25, 0.3) is 0 Å². The van der Waals surface area contributed by atoms with Crippen molar-refractivity contribution < 1.29 is 15.3 Å². The van der Waals surface area contributed by atoms with Crippen LogP contribution in [0.3, 0.4) is 0 Å². The number of aliphatic hydroxyl groups is 3. The highest BCUT2D eigenvalue weighted by molar-refractivity contribution is 4.82. The first-order valence-electron chi connectivity index (χ1n) is 2.94. The van der Waals surface area contributed by atoms with Crippen LogP contribution in [0.25, 0.3) is 0 Å². The zero-order valence-electron chi connectivity index (χ0n) is 5.25. The predicted octanol–water partition coefficient (Wildman–Crippen LogP) is 1.11. The molecule has 0 aliphatic carbocycles. The lowest BCUT2D eigenvalue weighted by molar-refractivity contribution is 0.277. The van der Waals surface area contributed by atoms with Crippen molar-refractivity contribution in [3.63, 3.8) is 0 Å². The number of hydrogen-bond donors (Lipinski definition) is 3. The standard InChI is InChI=1S/C6H12O3/c7-4-2-1-3-6(9)5-8/h5,7-9H,1-4H2. The van der Waals surface area contributed by atoms with Crippen LogP contribution in [-0.4, -0.2) is 21.9 Å². The topological polar surface area (TPSA) is 60.7 Å². The molecular weight excluding hydrogens is 120 g/mol. The predicted molar refractivity (Wildman–Crippen MR) is 34.3 cm³/mol. The lowest BCUT2D eigenvalue weighted by atomic mass is 10.2. The molecule has 0 aromatic carbocycles. The Bertz CT molecular complexity index is 88.3. The SMILES string of the molecule is OC=C(O)CCCCO. The molecule has 3 heteroatoms. The molecule has 0 fully saturated rings. The lowest BCUT2D eigenvalue weighted by Crippen LogP contribution is -1.85. The van der Waals surface area contributed by atoms with Crippen LogP contribution in [0.1, 0.15) is 19.3 Å². The van der Waals surface area contributed by atoms with Crippen LogP contribution < -0.4 is 0 Å². The Balaban J connectivity index is 3.07. The molecule has 0 aromatic rings. The third-order valence-corrected chi connectivity index (χ3v) is 0.990. The fourth-order valence-electron chi connectivity index (χ4n) is 0.482. The molecule has 3 nitrogen and oxygen atoms in total. The van der Waals surface area contributed by atoms with E-state index in [4.69, 9.17) is 15.3 Å². The van der Waals surface area contributed by atoms with E-state index >= 15 is 0 Å². The Hall–Kier alpha value is -0.700. The first-order chi connectivity index (χ1) is 4.31. The highest BCUT2D eigenvalue weighted by Gasteiger charge is 1.90. The Kier molecular flexibility index (Phi) is 5.01. The van der Waals surface area contributed by atoms with E-state index < -0.39 is 0 Å². The van der Waals surface area contributed by atoms with E-state index in [0.717, 1.165) is 0 Å². The first kappa shape index (κ1) is 8.30. The van der Waals surface area contributed by atoms with Gasteiger partial charge in [0.2, 0.25) is 0 Å². The summed E-state index contributed by atoms with van der Waals surface area (Å²) >= 11 is 0. The second-order valence-electron chi connectivity index (χ2n) is 1.80. The van der Waals surface area contributed by atoms with Crippen molar-refractivity contribution >= 4 is 0 Å². The van der Waals surface area contributed by atoms with E-state index in [1.807, 2.05) is 0 Å². The van der Waals surface area contributed by atoms with Crippen molar-refractivity contribution in [1.29, 1.82) is 0 Å². The van der Waals surface area contributed by atoms with Crippen LogP contribution in [0.4, 0.5) is 0 Å². The van der Waals surface area contributed by atoms with Crippen molar-refractivity contribution in [3.05, 3.63) is 12.0 Å². The van der Waals surface area contributed by atoms with Gasteiger partial charge in [-0.2, -0.15) is 0 Å². The van der Waals surface area contributed by atoms with Crippen LogP contribution in [0.2, 0.25) is 0 Å². The van der Waals surface area contributed by atoms with Crippen molar-refractivity contribution in [3.8, 4) is 0 Å². The Morgan fingerprint density at radius 2 is 2.00 bits per heavy atom. The summed E-state index contributed by atoms with van der Waals surface area (Å²) in [4.78, 5) is 0. The van der Waals surface area contributed by atoms with Crippen LogP contribution in [0.5, 0.6) is 0 Å². The van der Waals surface area contributed by atoms with Crippen molar-refractivity contribution in [2.75, 3.05) is 6.61 Å². The summed E-state index contributed by atoms with van der Waals surface area (Å²) < 4.78 is 0. The summed E-state index contributed by atoms with van der Waals surface area (Å²) in [5.41, 5.74) is 0. The smallest absolute Gasteiger partial charge is 0.126 e. The minimum absolute atomic E-state index is 0.0246. The molecule has 9 heavy (non-hydrogen) atoms. The average Bonchev–Trinajstić information content (AvgIpc) is 1.89. The molecule has 3 N–H and O–H groups in total. The van der Waals surface area contributed by atoms with E-state index in [1.165, 1.54) is 0 Å². The minimum atomic E-state index is -0.0246. The van der Waals surface area contributed by atoms with E-state index in [-0.39, 0.29) is 12.4 Å². The monoisotopic (exact) mass is 132 g/mol. The van der Waals surface area contributed by atoms with Gasteiger partial charge in [0.05, 0.1) is 0 Å². The van der Waals surface area contributed by atoms with Gasteiger partial charge in [-0.25, -0.2) is 0 Å². The third kappa shape index (κ3) is 5.17. The molecule has 0 heterocycles. The van der Waals surface area contributed by atoms with Crippen molar-refractivity contribution in [2.45, 2.75) is 19.3 Å². The summed E-state index contributed by atoms with van der Waals surface area (Å²) in [6.07, 6.45) is 2.49. The molecule has 0 aliphatic rings. The van der Waals surface area contributed by atoms with E-state index in [0.29, 0.717) is 25.5 Å². The fourth-order valence-corrected chi connectivity index (χ4v) is 0.482. The second kappa shape index (κ2) is 5.44. The first-order valence-corrected chi connectivity index (χ1v) is 2.94. The summed E-state index contributed by atoms with van der Waals surface area (Å²) in [6, 6.07) is 0. The Labute approximate surface area is 54.3 Å². The van der Waals surface area contributed by atoms with Crippen LogP contribution in [-0.2, 0) is 0 Å². The highest BCUT2D eigenvalue weighted by atomic mass is 16.3. The highest BCUT2D eigenvalue weighted by Crippen LogP contribution is 2.01. The normalized spacial score (nSPS) is 11.9. The maximum Gasteiger partial charge on any atom is 0.126 e. The van der Waals surface area contributed by atoms with E-state index in [9.17, 15) is 0 Å². The van der Waals surface area contributed by atoms with E-state index in [2.05, 4.69) is 0 Å². The molecule has 0 aliphatic heterocycles. The van der Waals surface area contributed by atoms with Gasteiger partial charge >= 0.3 is 0 Å². The molecule has 0 saturated carbocycles. The third-order valence-electron chi connectivity index (χ3n) is 0.990. The Morgan fingerprint density at radius 1 is 1.33 bits per heavy atom. The van der Waals surface area contributed by atoms with Crippen LogP contribution in [0, 0.1) is 0 Å². The summed E-state index contributed by atoms with van der Waals surface area (Å²) in [6.45, 7) is 0.138. The van der Waals surface area contributed by atoms with Gasteiger partial charge in [-0.05, 0) is 12.8 Å². The zero-order valence-corrected chi connectivity index (χ0v) is 5.25. The molecule has 54 valence electrons. The fraction of sp³-hybridized carbons (Fsp3) is 0.667.